The summed E-state index contributed by atoms with van der Waals surface area (Å²) in [5.74, 6) is -1.06. The summed E-state index contributed by atoms with van der Waals surface area (Å²) in [7, 11) is 0. The zero-order valence-corrected chi connectivity index (χ0v) is 15.3. The van der Waals surface area contributed by atoms with E-state index in [2.05, 4.69) is 11.4 Å². The monoisotopic (exact) mass is 355 g/mol. The van der Waals surface area contributed by atoms with Crippen molar-refractivity contribution in [3.8, 4) is 0 Å². The number of carbonyl (C=O) groups is 2. The first-order chi connectivity index (χ1) is 11.8. The van der Waals surface area contributed by atoms with Crippen LogP contribution in [0, 0.1) is 0 Å². The molecule has 0 spiro atoms. The standard InChI is InChI=1S/C18H29NO6/c1-11(2)6-5-7-12(3)8-9-24-18-15(19-13(4)21)17(23)16(22)14(10-20)25-18/h6,8,14-16,18,20,22H,5,7,9-10H2,1-4H3,(H,19,21)/b12-8+/t14-,15+,16-,18-/m1/s1. The smallest absolute Gasteiger partial charge is 0.217 e. The fourth-order valence-corrected chi connectivity index (χ4v) is 2.44. The maximum absolute atomic E-state index is 12.2. The molecule has 0 bridgehead atoms. The molecule has 0 aliphatic carbocycles. The molecule has 0 unspecified atom stereocenters. The Morgan fingerprint density at radius 3 is 2.52 bits per heavy atom. The second-order valence-electron chi connectivity index (χ2n) is 6.45. The Bertz CT molecular complexity index is 524. The highest BCUT2D eigenvalue weighted by atomic mass is 16.7. The first-order valence-electron chi connectivity index (χ1n) is 8.42. The minimum atomic E-state index is -1.50. The van der Waals surface area contributed by atoms with Crippen LogP contribution in [-0.4, -0.2) is 59.7 Å². The third-order valence-corrected chi connectivity index (χ3v) is 3.85. The molecular formula is C18H29NO6. The number of aliphatic hydroxyl groups excluding tert-OH is 2. The first-order valence-corrected chi connectivity index (χ1v) is 8.42. The Hall–Kier alpha value is -1.54. The van der Waals surface area contributed by atoms with E-state index in [1.54, 1.807) is 0 Å². The lowest BCUT2D eigenvalue weighted by atomic mass is 9.99. The zero-order chi connectivity index (χ0) is 19.0. The van der Waals surface area contributed by atoms with Gasteiger partial charge < -0.3 is 25.0 Å². The van der Waals surface area contributed by atoms with E-state index in [9.17, 15) is 19.8 Å². The molecule has 0 saturated carbocycles. The Labute approximate surface area is 148 Å². The maximum atomic E-state index is 12.2. The molecule has 0 aromatic rings. The normalized spacial score (nSPS) is 27.1. The molecule has 4 atom stereocenters. The minimum absolute atomic E-state index is 0.197. The molecule has 7 nitrogen and oxygen atoms in total. The average Bonchev–Trinajstić information content (AvgIpc) is 2.53. The summed E-state index contributed by atoms with van der Waals surface area (Å²) in [6.45, 7) is 7.03. The van der Waals surface area contributed by atoms with Crippen molar-refractivity contribution in [1.29, 1.82) is 0 Å². The van der Waals surface area contributed by atoms with Crippen LogP contribution in [0.3, 0.4) is 0 Å². The number of rotatable bonds is 8. The van der Waals surface area contributed by atoms with Gasteiger partial charge in [-0.3, -0.25) is 9.59 Å². The van der Waals surface area contributed by atoms with E-state index < -0.39 is 42.8 Å². The number of hydrogen-bond acceptors (Lipinski definition) is 6. The molecule has 1 rings (SSSR count). The number of allylic oxidation sites excluding steroid dienone is 3. The number of ether oxygens (including phenoxy) is 2. The van der Waals surface area contributed by atoms with Crippen LogP contribution in [0.1, 0.15) is 40.5 Å². The fraction of sp³-hybridized carbons (Fsp3) is 0.667. The Balaban J connectivity index is 2.66. The highest BCUT2D eigenvalue weighted by Crippen LogP contribution is 2.19. The van der Waals surface area contributed by atoms with Crippen molar-refractivity contribution in [3.63, 3.8) is 0 Å². The molecule has 1 fully saturated rings. The molecule has 1 aliphatic rings. The second-order valence-corrected chi connectivity index (χ2v) is 6.45. The SMILES string of the molecule is CC(=O)N[C@H]1C(=O)[C@H](O)[C@@H](CO)O[C@H]1OC/C=C(\C)CCC=C(C)C. The Morgan fingerprint density at radius 2 is 1.96 bits per heavy atom. The number of ketones is 1. The summed E-state index contributed by atoms with van der Waals surface area (Å²) >= 11 is 0. The van der Waals surface area contributed by atoms with E-state index in [0.29, 0.717) is 0 Å². The lowest BCUT2D eigenvalue weighted by Crippen LogP contribution is -2.62. The maximum Gasteiger partial charge on any atom is 0.217 e. The highest BCUT2D eigenvalue weighted by Gasteiger charge is 2.45. The van der Waals surface area contributed by atoms with Gasteiger partial charge in [-0.05, 0) is 33.6 Å². The van der Waals surface area contributed by atoms with Gasteiger partial charge >= 0.3 is 0 Å². The predicted octanol–water partition coefficient (Wildman–Crippen LogP) is 0.848. The van der Waals surface area contributed by atoms with Crippen molar-refractivity contribution in [2.24, 2.45) is 0 Å². The van der Waals surface area contributed by atoms with Crippen molar-refractivity contribution in [1.82, 2.24) is 5.32 Å². The van der Waals surface area contributed by atoms with Crippen LogP contribution in [-0.2, 0) is 19.1 Å². The lowest BCUT2D eigenvalue weighted by molar-refractivity contribution is -0.229. The molecule has 1 aliphatic heterocycles. The molecular weight excluding hydrogens is 326 g/mol. The van der Waals surface area contributed by atoms with Gasteiger partial charge in [-0.25, -0.2) is 0 Å². The van der Waals surface area contributed by atoms with Crippen LogP contribution in [0.4, 0.5) is 0 Å². The molecule has 1 saturated heterocycles. The molecule has 3 N–H and O–H groups in total. The van der Waals surface area contributed by atoms with Crippen LogP contribution in [0.15, 0.2) is 23.3 Å². The van der Waals surface area contributed by atoms with Gasteiger partial charge in [0.05, 0.1) is 13.2 Å². The largest absolute Gasteiger partial charge is 0.394 e. The van der Waals surface area contributed by atoms with Gasteiger partial charge in [0.15, 0.2) is 12.1 Å². The number of amides is 1. The van der Waals surface area contributed by atoms with Crippen molar-refractivity contribution in [2.45, 2.75) is 65.1 Å². The van der Waals surface area contributed by atoms with E-state index in [-0.39, 0.29) is 6.61 Å². The lowest BCUT2D eigenvalue weighted by Gasteiger charge is -2.37. The summed E-state index contributed by atoms with van der Waals surface area (Å²) in [6.07, 6.45) is 2.26. The van der Waals surface area contributed by atoms with E-state index >= 15 is 0 Å². The summed E-state index contributed by atoms with van der Waals surface area (Å²) < 4.78 is 11.0. The van der Waals surface area contributed by atoms with E-state index in [0.717, 1.165) is 18.4 Å². The quantitative estimate of drug-likeness (QED) is 0.558. The van der Waals surface area contributed by atoms with Crippen LogP contribution in [0.25, 0.3) is 0 Å². The van der Waals surface area contributed by atoms with Gasteiger partial charge in [-0.1, -0.05) is 23.3 Å². The van der Waals surface area contributed by atoms with Crippen molar-refractivity contribution >= 4 is 11.7 Å². The van der Waals surface area contributed by atoms with Crippen molar-refractivity contribution < 1.29 is 29.3 Å². The van der Waals surface area contributed by atoms with E-state index in [4.69, 9.17) is 9.47 Å². The van der Waals surface area contributed by atoms with Gasteiger partial charge in [0, 0.05) is 6.92 Å². The number of carbonyl (C=O) groups excluding carboxylic acids is 2. The van der Waals surface area contributed by atoms with Gasteiger partial charge in [0.2, 0.25) is 5.91 Å². The number of hydrogen-bond donors (Lipinski definition) is 3. The summed E-state index contributed by atoms with van der Waals surface area (Å²) in [4.78, 5) is 23.5. The molecule has 0 radical (unpaired) electrons. The molecule has 25 heavy (non-hydrogen) atoms. The summed E-state index contributed by atoms with van der Waals surface area (Å²) in [5.41, 5.74) is 2.40. The fourth-order valence-electron chi connectivity index (χ4n) is 2.44. The van der Waals surface area contributed by atoms with Gasteiger partial charge in [0.25, 0.3) is 0 Å². The highest BCUT2D eigenvalue weighted by molar-refractivity contribution is 5.92. The van der Waals surface area contributed by atoms with Crippen LogP contribution in [0.2, 0.25) is 0 Å². The second kappa shape index (κ2) is 10.5. The third-order valence-electron chi connectivity index (χ3n) is 3.85. The van der Waals surface area contributed by atoms with Gasteiger partial charge in [0.1, 0.15) is 18.2 Å². The molecule has 142 valence electrons. The average molecular weight is 355 g/mol. The van der Waals surface area contributed by atoms with Gasteiger partial charge in [-0.2, -0.15) is 0 Å². The number of Topliss-reactive ketones (excluding diaryl/α,β-unsaturated/α-hetero) is 1. The Kier molecular flexibility index (Phi) is 8.99. The molecule has 1 heterocycles. The predicted molar refractivity (Wildman–Crippen MR) is 92.7 cm³/mol. The molecule has 7 heteroatoms. The van der Waals surface area contributed by atoms with Crippen LogP contribution >= 0.6 is 0 Å². The summed E-state index contributed by atoms with van der Waals surface area (Å²) in [6, 6.07) is -1.10. The number of nitrogens with one attached hydrogen (secondary N) is 1. The van der Waals surface area contributed by atoms with E-state index in [1.807, 2.05) is 26.8 Å². The molecule has 0 aromatic heterocycles. The Morgan fingerprint density at radius 1 is 1.28 bits per heavy atom. The topological polar surface area (TPSA) is 105 Å². The molecule has 1 amide bonds. The van der Waals surface area contributed by atoms with Crippen molar-refractivity contribution in [3.05, 3.63) is 23.3 Å². The zero-order valence-electron chi connectivity index (χ0n) is 15.3. The van der Waals surface area contributed by atoms with Crippen molar-refractivity contribution in [2.75, 3.05) is 13.2 Å². The van der Waals surface area contributed by atoms with Crippen LogP contribution < -0.4 is 5.32 Å². The molecule has 0 aromatic carbocycles. The summed E-state index contributed by atoms with van der Waals surface area (Å²) in [5, 5.41) is 21.5. The number of aliphatic hydroxyl groups is 2. The first kappa shape index (κ1) is 21.5. The van der Waals surface area contributed by atoms with Crippen LogP contribution in [0.5, 0.6) is 0 Å². The third kappa shape index (κ3) is 7.07. The van der Waals surface area contributed by atoms with E-state index in [1.165, 1.54) is 12.5 Å². The van der Waals surface area contributed by atoms with Gasteiger partial charge in [-0.15, -0.1) is 0 Å². The minimum Gasteiger partial charge on any atom is -0.394 e.